The van der Waals surface area contributed by atoms with Gasteiger partial charge in [0.15, 0.2) is 0 Å². The molecule has 0 unspecified atom stereocenters. The van der Waals surface area contributed by atoms with Crippen molar-refractivity contribution in [1.29, 1.82) is 0 Å². The maximum atomic E-state index is 11.8. The fourth-order valence-corrected chi connectivity index (χ4v) is 2.05. The summed E-state index contributed by atoms with van der Waals surface area (Å²) in [6.07, 6.45) is 0.423. The molecule has 2 rings (SSSR count). The summed E-state index contributed by atoms with van der Waals surface area (Å²) in [5, 5.41) is 13.3. The third-order valence-corrected chi connectivity index (χ3v) is 3.39. The van der Waals surface area contributed by atoms with Gasteiger partial charge in [0.05, 0.1) is 18.9 Å². The van der Waals surface area contributed by atoms with Crippen LogP contribution in [0.25, 0.3) is 0 Å². The van der Waals surface area contributed by atoms with E-state index in [0.717, 1.165) is 38.4 Å². The number of phenolic OH excluding ortho intramolecular Hbond substituents is 1. The molecule has 2 N–H and O–H groups in total. The van der Waals surface area contributed by atoms with Crippen molar-refractivity contribution in [1.82, 2.24) is 10.3 Å². The first-order chi connectivity index (χ1) is 10.1. The highest BCUT2D eigenvalue weighted by Crippen LogP contribution is 2.10. The van der Waals surface area contributed by atoms with Gasteiger partial charge < -0.3 is 9.84 Å². The molecule has 0 saturated carbocycles. The van der Waals surface area contributed by atoms with Crippen LogP contribution in [0.5, 0.6) is 5.75 Å². The van der Waals surface area contributed by atoms with Crippen molar-refractivity contribution < 1.29 is 14.6 Å². The molecule has 1 fully saturated rings. The van der Waals surface area contributed by atoms with Crippen LogP contribution in [0, 0.1) is 0 Å². The van der Waals surface area contributed by atoms with Gasteiger partial charge in [0.25, 0.3) is 0 Å². The summed E-state index contributed by atoms with van der Waals surface area (Å²) in [6.45, 7) is 5.77. The van der Waals surface area contributed by atoms with E-state index in [4.69, 9.17) is 4.74 Å². The van der Waals surface area contributed by atoms with Gasteiger partial charge >= 0.3 is 0 Å². The first kappa shape index (κ1) is 15.5. The molecule has 0 aliphatic carbocycles. The van der Waals surface area contributed by atoms with E-state index < -0.39 is 0 Å². The van der Waals surface area contributed by atoms with Crippen molar-refractivity contribution in [3.8, 4) is 5.75 Å². The number of benzene rings is 1. The largest absolute Gasteiger partial charge is 0.508 e. The number of ether oxygens (including phenoxy) is 1. The molecule has 114 valence electrons. The highest BCUT2D eigenvalue weighted by atomic mass is 16.5. The van der Waals surface area contributed by atoms with Gasteiger partial charge in [0, 0.05) is 26.1 Å². The Morgan fingerprint density at radius 1 is 1.33 bits per heavy atom. The number of carbonyl (C=O) groups excluding carboxylic acids is 1. The Hall–Kier alpha value is -1.92. The van der Waals surface area contributed by atoms with Crippen LogP contribution in [-0.2, 0) is 9.53 Å². The summed E-state index contributed by atoms with van der Waals surface area (Å²) in [7, 11) is 0. The van der Waals surface area contributed by atoms with E-state index in [1.807, 2.05) is 6.92 Å². The fraction of sp³-hybridized carbons (Fsp3) is 0.467. The summed E-state index contributed by atoms with van der Waals surface area (Å²) in [6, 6.07) is 6.70. The molecule has 0 atom stereocenters. The molecule has 1 aliphatic rings. The molecule has 1 saturated heterocycles. The van der Waals surface area contributed by atoms with E-state index in [1.165, 1.54) is 0 Å². The number of amides is 1. The number of aromatic hydroxyl groups is 1. The van der Waals surface area contributed by atoms with Gasteiger partial charge in [-0.2, -0.15) is 5.10 Å². The van der Waals surface area contributed by atoms with Crippen LogP contribution in [0.3, 0.4) is 0 Å². The van der Waals surface area contributed by atoms with Crippen LogP contribution in [0.1, 0.15) is 18.9 Å². The molecule has 1 aliphatic heterocycles. The minimum atomic E-state index is -0.0976. The zero-order valence-corrected chi connectivity index (χ0v) is 12.2. The predicted octanol–water partition coefficient (Wildman–Crippen LogP) is 0.955. The minimum Gasteiger partial charge on any atom is -0.508 e. The van der Waals surface area contributed by atoms with Gasteiger partial charge in [-0.3, -0.25) is 9.69 Å². The Morgan fingerprint density at radius 2 is 2.00 bits per heavy atom. The first-order valence-electron chi connectivity index (χ1n) is 7.08. The number of nitrogens with one attached hydrogen (secondary N) is 1. The highest BCUT2D eigenvalue weighted by molar-refractivity contribution is 5.99. The van der Waals surface area contributed by atoms with Crippen molar-refractivity contribution in [2.75, 3.05) is 32.8 Å². The standard InChI is InChI=1S/C15H21N3O3/c1-12(13-2-4-14(19)5-3-13)16-17-15(20)6-7-18-8-10-21-11-9-18/h2-5,19H,6-11H2,1H3,(H,17,20)/b16-12-. The smallest absolute Gasteiger partial charge is 0.241 e. The molecule has 6 nitrogen and oxygen atoms in total. The number of hydrogen-bond donors (Lipinski definition) is 2. The summed E-state index contributed by atoms with van der Waals surface area (Å²) < 4.78 is 5.26. The molecule has 0 aromatic heterocycles. The van der Waals surface area contributed by atoms with Crippen molar-refractivity contribution in [2.24, 2.45) is 5.10 Å². The third kappa shape index (κ3) is 5.17. The van der Waals surface area contributed by atoms with Gasteiger partial charge in [-0.25, -0.2) is 5.43 Å². The lowest BCUT2D eigenvalue weighted by Gasteiger charge is -2.25. The lowest BCUT2D eigenvalue weighted by atomic mass is 10.1. The molecule has 1 amide bonds. The highest BCUT2D eigenvalue weighted by Gasteiger charge is 2.11. The van der Waals surface area contributed by atoms with Crippen LogP contribution < -0.4 is 5.43 Å². The Kier molecular flexibility index (Phi) is 5.71. The van der Waals surface area contributed by atoms with E-state index in [-0.39, 0.29) is 11.7 Å². The van der Waals surface area contributed by atoms with E-state index in [2.05, 4.69) is 15.4 Å². The summed E-state index contributed by atoms with van der Waals surface area (Å²) in [5.74, 6) is 0.112. The third-order valence-electron chi connectivity index (χ3n) is 3.39. The van der Waals surface area contributed by atoms with Gasteiger partial charge in [-0.1, -0.05) is 0 Å². The average molecular weight is 291 g/mol. The normalized spacial score (nSPS) is 16.7. The quantitative estimate of drug-likeness (QED) is 0.626. The Morgan fingerprint density at radius 3 is 2.67 bits per heavy atom. The number of carbonyl (C=O) groups is 1. The SMILES string of the molecule is C/C(=N/NC(=O)CCN1CCOCC1)c1ccc(O)cc1. The Balaban J connectivity index is 1.76. The zero-order chi connectivity index (χ0) is 15.1. The molecular formula is C15H21N3O3. The van der Waals surface area contributed by atoms with Crippen molar-refractivity contribution in [2.45, 2.75) is 13.3 Å². The molecule has 1 aromatic carbocycles. The van der Waals surface area contributed by atoms with Gasteiger partial charge in [0.2, 0.25) is 5.91 Å². The number of nitrogens with zero attached hydrogens (tertiary/aromatic N) is 2. The molecule has 0 spiro atoms. The summed E-state index contributed by atoms with van der Waals surface area (Å²) in [4.78, 5) is 14.0. The van der Waals surface area contributed by atoms with Crippen LogP contribution >= 0.6 is 0 Å². The van der Waals surface area contributed by atoms with Gasteiger partial charge in [-0.15, -0.1) is 0 Å². The minimum absolute atomic E-state index is 0.0976. The second-order valence-corrected chi connectivity index (χ2v) is 4.98. The van der Waals surface area contributed by atoms with Crippen molar-refractivity contribution in [3.05, 3.63) is 29.8 Å². The molecule has 0 bridgehead atoms. The Labute approximate surface area is 124 Å². The topological polar surface area (TPSA) is 74.2 Å². The number of hydrazone groups is 1. The van der Waals surface area contributed by atoms with E-state index in [0.29, 0.717) is 12.1 Å². The lowest BCUT2D eigenvalue weighted by Crippen LogP contribution is -2.38. The molecule has 1 aromatic rings. The van der Waals surface area contributed by atoms with Crippen LogP contribution in [0.2, 0.25) is 0 Å². The number of phenols is 1. The molecular weight excluding hydrogens is 270 g/mol. The predicted molar refractivity (Wildman–Crippen MR) is 80.3 cm³/mol. The first-order valence-corrected chi connectivity index (χ1v) is 7.08. The number of rotatable bonds is 5. The maximum absolute atomic E-state index is 11.8. The second-order valence-electron chi connectivity index (χ2n) is 4.98. The molecule has 1 heterocycles. The average Bonchev–Trinajstić information content (AvgIpc) is 2.52. The summed E-state index contributed by atoms with van der Waals surface area (Å²) >= 11 is 0. The van der Waals surface area contributed by atoms with E-state index >= 15 is 0 Å². The number of hydrogen-bond acceptors (Lipinski definition) is 5. The van der Waals surface area contributed by atoms with Crippen LogP contribution in [-0.4, -0.2) is 54.5 Å². The van der Waals surface area contributed by atoms with Crippen molar-refractivity contribution >= 4 is 11.6 Å². The van der Waals surface area contributed by atoms with Crippen LogP contribution in [0.4, 0.5) is 0 Å². The van der Waals surface area contributed by atoms with E-state index in [1.54, 1.807) is 24.3 Å². The number of morpholine rings is 1. The zero-order valence-electron chi connectivity index (χ0n) is 12.2. The molecule has 0 radical (unpaired) electrons. The molecule has 21 heavy (non-hydrogen) atoms. The van der Waals surface area contributed by atoms with Gasteiger partial charge in [-0.05, 0) is 36.8 Å². The van der Waals surface area contributed by atoms with Crippen molar-refractivity contribution in [3.63, 3.8) is 0 Å². The Bertz CT molecular complexity index is 493. The van der Waals surface area contributed by atoms with Crippen LogP contribution in [0.15, 0.2) is 29.4 Å². The summed E-state index contributed by atoms with van der Waals surface area (Å²) in [5.41, 5.74) is 4.13. The van der Waals surface area contributed by atoms with Gasteiger partial charge in [0.1, 0.15) is 5.75 Å². The monoisotopic (exact) mass is 291 g/mol. The maximum Gasteiger partial charge on any atom is 0.241 e. The van der Waals surface area contributed by atoms with E-state index in [9.17, 15) is 9.90 Å². The molecule has 6 heteroatoms. The fourth-order valence-electron chi connectivity index (χ4n) is 2.05. The second kappa shape index (κ2) is 7.75. The lowest BCUT2D eigenvalue weighted by molar-refractivity contribution is -0.121.